The molecule has 3 rings (SSSR count). The average molecular weight is 423 g/mol. The summed E-state index contributed by atoms with van der Waals surface area (Å²) in [5.41, 5.74) is 8.45. The first-order valence-corrected chi connectivity index (χ1v) is 11.0. The monoisotopic (exact) mass is 422 g/mol. The molecule has 2 aromatic carbocycles. The molecular formula is C24H28N3O2S+. The highest BCUT2D eigenvalue weighted by molar-refractivity contribution is 7.10. The SMILES string of the molecule is CC[C@@H](C)c1ccc([C@H]([NH2+][C@H](C(=O)NC(N)=O)c2ccccc2)c2cccs2)cc1. The summed E-state index contributed by atoms with van der Waals surface area (Å²) in [4.78, 5) is 25.3. The van der Waals surface area contributed by atoms with Gasteiger partial charge in [0.2, 0.25) is 0 Å². The van der Waals surface area contributed by atoms with Gasteiger partial charge in [0.25, 0.3) is 5.91 Å². The lowest BCUT2D eigenvalue weighted by molar-refractivity contribution is -0.713. The van der Waals surface area contributed by atoms with Crippen LogP contribution >= 0.6 is 11.3 Å². The highest BCUT2D eigenvalue weighted by Crippen LogP contribution is 2.26. The average Bonchev–Trinajstić information content (AvgIpc) is 3.28. The van der Waals surface area contributed by atoms with E-state index in [9.17, 15) is 9.59 Å². The molecule has 3 aromatic rings. The molecule has 0 aliphatic heterocycles. The fourth-order valence-corrected chi connectivity index (χ4v) is 4.34. The van der Waals surface area contributed by atoms with E-state index in [1.54, 1.807) is 11.3 Å². The van der Waals surface area contributed by atoms with Gasteiger partial charge in [-0.3, -0.25) is 10.1 Å². The first-order valence-electron chi connectivity index (χ1n) is 10.1. The zero-order valence-corrected chi connectivity index (χ0v) is 18.1. The van der Waals surface area contributed by atoms with Gasteiger partial charge in [-0.15, -0.1) is 11.3 Å². The molecule has 156 valence electrons. The Labute approximate surface area is 181 Å². The van der Waals surface area contributed by atoms with Crippen LogP contribution in [0.25, 0.3) is 0 Å². The van der Waals surface area contributed by atoms with Crippen LogP contribution in [0.1, 0.15) is 59.8 Å². The Morgan fingerprint density at radius 2 is 1.63 bits per heavy atom. The second-order valence-electron chi connectivity index (χ2n) is 7.40. The Bertz CT molecular complexity index is 956. The molecule has 3 atom stereocenters. The summed E-state index contributed by atoms with van der Waals surface area (Å²) in [6, 6.07) is 20.6. The van der Waals surface area contributed by atoms with E-state index in [0.29, 0.717) is 5.92 Å². The van der Waals surface area contributed by atoms with E-state index in [0.717, 1.165) is 22.4 Å². The van der Waals surface area contributed by atoms with Crippen molar-refractivity contribution < 1.29 is 14.9 Å². The predicted octanol–water partition coefficient (Wildman–Crippen LogP) is 3.85. The van der Waals surface area contributed by atoms with Gasteiger partial charge < -0.3 is 11.1 Å². The molecule has 0 unspecified atom stereocenters. The molecular weight excluding hydrogens is 394 g/mol. The number of urea groups is 1. The normalized spacial score (nSPS) is 13.9. The van der Waals surface area contributed by atoms with E-state index >= 15 is 0 Å². The molecule has 6 heteroatoms. The van der Waals surface area contributed by atoms with Crippen LogP contribution < -0.4 is 16.4 Å². The van der Waals surface area contributed by atoms with Crippen LogP contribution in [0.15, 0.2) is 72.1 Å². The van der Waals surface area contributed by atoms with Gasteiger partial charge in [-0.1, -0.05) is 74.5 Å². The molecule has 1 aromatic heterocycles. The topological polar surface area (TPSA) is 88.8 Å². The molecule has 0 spiro atoms. The Hall–Kier alpha value is -2.96. The highest BCUT2D eigenvalue weighted by atomic mass is 32.1. The maximum Gasteiger partial charge on any atom is 0.319 e. The number of amides is 3. The molecule has 5 nitrogen and oxygen atoms in total. The number of primary amides is 1. The number of nitrogens with one attached hydrogen (secondary N) is 1. The summed E-state index contributed by atoms with van der Waals surface area (Å²) in [5.74, 6) is 0.0770. The maximum absolute atomic E-state index is 12.8. The van der Waals surface area contributed by atoms with E-state index in [-0.39, 0.29) is 6.04 Å². The van der Waals surface area contributed by atoms with Gasteiger partial charge >= 0.3 is 6.03 Å². The number of carbonyl (C=O) groups is 2. The Morgan fingerprint density at radius 3 is 2.20 bits per heavy atom. The third kappa shape index (κ3) is 5.34. The number of thiophene rings is 1. The van der Waals surface area contributed by atoms with Crippen LogP contribution in [0.5, 0.6) is 0 Å². The molecule has 0 aliphatic rings. The van der Waals surface area contributed by atoms with Gasteiger partial charge in [0.1, 0.15) is 6.04 Å². The lowest BCUT2D eigenvalue weighted by Gasteiger charge is -2.22. The van der Waals surface area contributed by atoms with E-state index in [2.05, 4.69) is 49.5 Å². The van der Waals surface area contributed by atoms with Crippen molar-refractivity contribution in [2.75, 3.05) is 0 Å². The van der Waals surface area contributed by atoms with Crippen LogP contribution in [-0.4, -0.2) is 11.9 Å². The standard InChI is InChI=1S/C24H27N3O2S/c1-3-16(2)17-11-13-19(14-12-17)21(20-10-7-15-30-20)26-22(23(28)27-24(25)29)18-8-5-4-6-9-18/h4-16,21-22,26H,3H2,1-2H3,(H3,25,27,28,29)/p+1/t16-,21+,22+/m1/s1. The van der Waals surface area contributed by atoms with Gasteiger partial charge in [-0.25, -0.2) is 4.79 Å². The number of benzene rings is 2. The number of nitrogens with two attached hydrogens (primary N) is 2. The van der Waals surface area contributed by atoms with Crippen molar-refractivity contribution in [2.45, 2.75) is 38.3 Å². The second-order valence-corrected chi connectivity index (χ2v) is 8.38. The van der Waals surface area contributed by atoms with Crippen molar-refractivity contribution in [1.82, 2.24) is 5.32 Å². The summed E-state index contributed by atoms with van der Waals surface area (Å²) in [6.07, 6.45) is 1.09. The van der Waals surface area contributed by atoms with Crippen molar-refractivity contribution >= 4 is 23.3 Å². The number of hydrogen-bond acceptors (Lipinski definition) is 3. The minimum absolute atomic E-state index is 0.0835. The second kappa shape index (κ2) is 10.2. The zero-order chi connectivity index (χ0) is 21.5. The van der Waals surface area contributed by atoms with Crippen molar-refractivity contribution in [2.24, 2.45) is 5.73 Å². The first-order chi connectivity index (χ1) is 14.5. The number of quaternary nitrogens is 1. The zero-order valence-electron chi connectivity index (χ0n) is 17.2. The van der Waals surface area contributed by atoms with E-state index in [1.807, 2.05) is 47.1 Å². The van der Waals surface area contributed by atoms with Gasteiger partial charge in [0, 0.05) is 11.1 Å². The van der Waals surface area contributed by atoms with E-state index in [4.69, 9.17) is 5.73 Å². The van der Waals surface area contributed by atoms with Gasteiger partial charge in [-0.05, 0) is 29.3 Å². The summed E-state index contributed by atoms with van der Waals surface area (Å²) < 4.78 is 0. The largest absolute Gasteiger partial charge is 0.351 e. The van der Waals surface area contributed by atoms with E-state index < -0.39 is 18.0 Å². The Balaban J connectivity index is 1.96. The fourth-order valence-electron chi connectivity index (χ4n) is 3.51. The number of imide groups is 1. The lowest BCUT2D eigenvalue weighted by atomic mass is 9.95. The van der Waals surface area contributed by atoms with Crippen molar-refractivity contribution in [3.05, 3.63) is 93.7 Å². The van der Waals surface area contributed by atoms with Crippen LogP contribution in [0.3, 0.4) is 0 Å². The maximum atomic E-state index is 12.8. The van der Waals surface area contributed by atoms with Gasteiger partial charge in [-0.2, -0.15) is 0 Å². The molecule has 0 saturated heterocycles. The third-order valence-corrected chi connectivity index (χ3v) is 6.35. The minimum Gasteiger partial charge on any atom is -0.351 e. The summed E-state index contributed by atoms with van der Waals surface area (Å²) >= 11 is 1.65. The molecule has 30 heavy (non-hydrogen) atoms. The smallest absolute Gasteiger partial charge is 0.319 e. The quantitative estimate of drug-likeness (QED) is 0.515. The van der Waals surface area contributed by atoms with E-state index in [1.165, 1.54) is 5.56 Å². The summed E-state index contributed by atoms with van der Waals surface area (Å²) in [7, 11) is 0. The molecule has 0 fully saturated rings. The highest BCUT2D eigenvalue weighted by Gasteiger charge is 2.31. The molecule has 0 bridgehead atoms. The molecule has 0 radical (unpaired) electrons. The van der Waals surface area contributed by atoms with Gasteiger partial charge in [0.15, 0.2) is 6.04 Å². The summed E-state index contributed by atoms with van der Waals surface area (Å²) in [5, 5.41) is 6.28. The molecule has 0 aliphatic carbocycles. The molecule has 0 saturated carbocycles. The summed E-state index contributed by atoms with van der Waals surface area (Å²) in [6.45, 7) is 4.40. The third-order valence-electron chi connectivity index (χ3n) is 5.40. The molecule has 1 heterocycles. The van der Waals surface area contributed by atoms with Crippen LogP contribution in [0.4, 0.5) is 4.79 Å². The first kappa shape index (κ1) is 21.7. The van der Waals surface area contributed by atoms with Crippen molar-refractivity contribution in [3.63, 3.8) is 0 Å². The number of hydrogen-bond donors (Lipinski definition) is 3. The van der Waals surface area contributed by atoms with Crippen molar-refractivity contribution in [3.8, 4) is 0 Å². The number of rotatable bonds is 8. The Kier molecular flexibility index (Phi) is 7.38. The minimum atomic E-state index is -0.847. The van der Waals surface area contributed by atoms with Crippen molar-refractivity contribution in [1.29, 1.82) is 0 Å². The van der Waals surface area contributed by atoms with Gasteiger partial charge in [0.05, 0.1) is 4.88 Å². The van der Waals surface area contributed by atoms with Crippen LogP contribution in [0.2, 0.25) is 0 Å². The Morgan fingerprint density at radius 1 is 0.967 bits per heavy atom. The molecule has 3 amide bonds. The lowest BCUT2D eigenvalue weighted by Crippen LogP contribution is -2.88. The fraction of sp³-hybridized carbons (Fsp3) is 0.250. The molecule has 5 N–H and O–H groups in total. The number of carbonyl (C=O) groups excluding carboxylic acids is 2. The van der Waals surface area contributed by atoms with Crippen LogP contribution in [0, 0.1) is 0 Å². The van der Waals surface area contributed by atoms with Crippen LogP contribution in [-0.2, 0) is 4.79 Å². The predicted molar refractivity (Wildman–Crippen MR) is 120 cm³/mol.